The van der Waals surface area contributed by atoms with Crippen LogP contribution in [0.15, 0.2) is 109 Å². The van der Waals surface area contributed by atoms with Crippen LogP contribution in [0.1, 0.15) is 23.2 Å². The minimum Gasteiger partial charge on any atom is -0.493 e. The zero-order valence-electron chi connectivity index (χ0n) is 23.0. The fourth-order valence-electron chi connectivity index (χ4n) is 3.96. The molecule has 0 spiro atoms. The summed E-state index contributed by atoms with van der Waals surface area (Å²) in [4.78, 5) is 24.8. The molecule has 0 aliphatic heterocycles. The first-order valence-corrected chi connectivity index (χ1v) is 15.1. The van der Waals surface area contributed by atoms with E-state index in [-0.39, 0.29) is 12.4 Å². The first kappa shape index (κ1) is 30.9. The van der Waals surface area contributed by atoms with Gasteiger partial charge in [-0.2, -0.15) is 12.6 Å². The Kier molecular flexibility index (Phi) is 11.7. The average Bonchev–Trinajstić information content (AvgIpc) is 3.02. The summed E-state index contributed by atoms with van der Waals surface area (Å²) in [5.74, 6) is 1.50. The number of carbonyl (C=O) groups is 2. The van der Waals surface area contributed by atoms with Crippen LogP contribution in [0.25, 0.3) is 22.3 Å². The largest absolute Gasteiger partial charge is 0.493 e. The highest BCUT2D eigenvalue weighted by atomic mass is 32.2. The zero-order valence-corrected chi connectivity index (χ0v) is 24.7. The highest BCUT2D eigenvalue weighted by molar-refractivity contribution is 7.99. The van der Waals surface area contributed by atoms with E-state index in [1.807, 2.05) is 18.2 Å². The molecule has 0 N–H and O–H groups in total. The molecule has 0 unspecified atom stereocenters. The molecule has 4 rings (SSSR count). The lowest BCUT2D eigenvalue weighted by molar-refractivity contribution is -0.137. The maximum atomic E-state index is 15.1. The van der Waals surface area contributed by atoms with Gasteiger partial charge in [-0.15, -0.1) is 11.8 Å². The number of benzene rings is 4. The third-order valence-corrected chi connectivity index (χ3v) is 7.58. The SMILES string of the molecule is C=CC(=O)OCCCOc1ccc(C(=O)Oc2ccc(-c3ccc(-c4ccc(SCCCS)cc4)cc3F)cc2)cc1. The third kappa shape index (κ3) is 8.99. The summed E-state index contributed by atoms with van der Waals surface area (Å²) in [5.41, 5.74) is 3.25. The van der Waals surface area contributed by atoms with Gasteiger partial charge in [0.2, 0.25) is 0 Å². The van der Waals surface area contributed by atoms with Crippen molar-refractivity contribution >= 4 is 36.3 Å². The predicted molar refractivity (Wildman–Crippen MR) is 169 cm³/mol. The topological polar surface area (TPSA) is 61.8 Å². The van der Waals surface area contributed by atoms with Gasteiger partial charge in [-0.05, 0) is 89.2 Å². The zero-order chi connectivity index (χ0) is 29.7. The van der Waals surface area contributed by atoms with E-state index in [0.29, 0.717) is 41.2 Å². The summed E-state index contributed by atoms with van der Waals surface area (Å²) < 4.78 is 31.1. The molecule has 0 aromatic heterocycles. The highest BCUT2D eigenvalue weighted by Crippen LogP contribution is 2.30. The minimum atomic E-state index is -0.521. The van der Waals surface area contributed by atoms with E-state index in [2.05, 4.69) is 31.3 Å². The molecule has 0 aliphatic rings. The Balaban J connectivity index is 1.30. The Bertz CT molecular complexity index is 1490. The van der Waals surface area contributed by atoms with Crippen molar-refractivity contribution in [1.29, 1.82) is 0 Å². The van der Waals surface area contributed by atoms with Crippen LogP contribution in [-0.2, 0) is 9.53 Å². The molecule has 0 amide bonds. The van der Waals surface area contributed by atoms with Crippen molar-refractivity contribution in [2.75, 3.05) is 24.7 Å². The second-order valence-electron chi connectivity index (χ2n) is 9.16. The maximum absolute atomic E-state index is 15.1. The van der Waals surface area contributed by atoms with Gasteiger partial charge < -0.3 is 14.2 Å². The van der Waals surface area contributed by atoms with Crippen LogP contribution in [-0.4, -0.2) is 36.7 Å². The van der Waals surface area contributed by atoms with Gasteiger partial charge in [-0.3, -0.25) is 0 Å². The lowest BCUT2D eigenvalue weighted by atomic mass is 9.99. The van der Waals surface area contributed by atoms with Crippen molar-refractivity contribution in [1.82, 2.24) is 0 Å². The summed E-state index contributed by atoms with van der Waals surface area (Å²) in [7, 11) is 0. The fraction of sp³-hybridized carbons (Fsp3) is 0.176. The summed E-state index contributed by atoms with van der Waals surface area (Å²) in [5, 5.41) is 0. The number of carbonyl (C=O) groups excluding carboxylic acids is 2. The van der Waals surface area contributed by atoms with Crippen molar-refractivity contribution in [3.05, 3.63) is 115 Å². The first-order valence-electron chi connectivity index (χ1n) is 13.4. The molecule has 0 heterocycles. The molecule has 0 radical (unpaired) electrons. The number of halogens is 1. The number of esters is 2. The van der Waals surface area contributed by atoms with Crippen LogP contribution in [0.2, 0.25) is 0 Å². The Labute approximate surface area is 255 Å². The number of hydrogen-bond acceptors (Lipinski definition) is 7. The Morgan fingerprint density at radius 2 is 1.48 bits per heavy atom. The Morgan fingerprint density at radius 3 is 2.14 bits per heavy atom. The van der Waals surface area contributed by atoms with Crippen LogP contribution >= 0.6 is 24.4 Å². The van der Waals surface area contributed by atoms with Crippen LogP contribution in [0.4, 0.5) is 4.39 Å². The average molecular weight is 603 g/mol. The summed E-state index contributed by atoms with van der Waals surface area (Å²) in [6.45, 7) is 3.92. The number of thioether (sulfide) groups is 1. The van der Waals surface area contributed by atoms with Crippen molar-refractivity contribution in [2.45, 2.75) is 17.7 Å². The van der Waals surface area contributed by atoms with Gasteiger partial charge in [0.1, 0.15) is 17.3 Å². The molecule has 4 aromatic rings. The van der Waals surface area contributed by atoms with E-state index in [0.717, 1.165) is 35.1 Å². The van der Waals surface area contributed by atoms with Gasteiger partial charge in [0.15, 0.2) is 0 Å². The summed E-state index contributed by atoms with van der Waals surface area (Å²) in [6.07, 6.45) is 2.69. The van der Waals surface area contributed by atoms with Gasteiger partial charge in [-0.25, -0.2) is 14.0 Å². The predicted octanol–water partition coefficient (Wildman–Crippen LogP) is 8.29. The molecular weight excluding hydrogens is 572 g/mol. The van der Waals surface area contributed by atoms with E-state index in [4.69, 9.17) is 14.2 Å². The van der Waals surface area contributed by atoms with Crippen LogP contribution in [0.3, 0.4) is 0 Å². The molecule has 0 saturated heterocycles. The van der Waals surface area contributed by atoms with Gasteiger partial charge in [0.05, 0.1) is 18.8 Å². The highest BCUT2D eigenvalue weighted by Gasteiger charge is 2.11. The number of hydrogen-bond donors (Lipinski definition) is 1. The minimum absolute atomic E-state index is 0.234. The number of rotatable bonds is 14. The van der Waals surface area contributed by atoms with E-state index < -0.39 is 11.9 Å². The molecule has 0 atom stereocenters. The van der Waals surface area contributed by atoms with Crippen LogP contribution in [0.5, 0.6) is 11.5 Å². The van der Waals surface area contributed by atoms with Gasteiger partial charge >= 0.3 is 11.9 Å². The summed E-state index contributed by atoms with van der Waals surface area (Å²) >= 11 is 6.03. The van der Waals surface area contributed by atoms with E-state index >= 15 is 4.39 Å². The normalized spacial score (nSPS) is 10.6. The number of ether oxygens (including phenoxy) is 3. The van der Waals surface area contributed by atoms with Gasteiger partial charge in [0.25, 0.3) is 0 Å². The Hall–Kier alpha value is -4.01. The lowest BCUT2D eigenvalue weighted by Gasteiger charge is -2.10. The molecule has 42 heavy (non-hydrogen) atoms. The smallest absolute Gasteiger partial charge is 0.343 e. The fourth-order valence-corrected chi connectivity index (χ4v) is 5.19. The molecule has 0 aliphatic carbocycles. The second kappa shape index (κ2) is 15.8. The molecule has 8 heteroatoms. The second-order valence-corrected chi connectivity index (χ2v) is 10.8. The van der Waals surface area contributed by atoms with Gasteiger partial charge in [0, 0.05) is 23.0 Å². The van der Waals surface area contributed by atoms with Gasteiger partial charge in [-0.1, -0.05) is 43.0 Å². The first-order chi connectivity index (χ1) is 20.5. The van der Waals surface area contributed by atoms with E-state index in [1.54, 1.807) is 66.4 Å². The van der Waals surface area contributed by atoms with Crippen molar-refractivity contribution < 1.29 is 28.2 Å². The van der Waals surface area contributed by atoms with Crippen molar-refractivity contribution in [3.8, 4) is 33.8 Å². The van der Waals surface area contributed by atoms with Crippen molar-refractivity contribution in [3.63, 3.8) is 0 Å². The molecule has 216 valence electrons. The van der Waals surface area contributed by atoms with E-state index in [9.17, 15) is 9.59 Å². The lowest BCUT2D eigenvalue weighted by Crippen LogP contribution is -2.09. The molecule has 0 saturated carbocycles. The molecule has 5 nitrogen and oxygen atoms in total. The molecule has 4 aromatic carbocycles. The molecular formula is C34H31FO5S2. The van der Waals surface area contributed by atoms with Crippen LogP contribution in [0, 0.1) is 5.82 Å². The Morgan fingerprint density at radius 1 is 0.810 bits per heavy atom. The van der Waals surface area contributed by atoms with E-state index in [1.165, 1.54) is 11.0 Å². The third-order valence-electron chi connectivity index (χ3n) is 6.16. The molecule has 0 bridgehead atoms. The quantitative estimate of drug-likeness (QED) is 0.0391. The maximum Gasteiger partial charge on any atom is 0.343 e. The van der Waals surface area contributed by atoms with Crippen molar-refractivity contribution in [2.24, 2.45) is 0 Å². The number of thiol groups is 1. The van der Waals surface area contributed by atoms with Crippen LogP contribution < -0.4 is 9.47 Å². The summed E-state index contributed by atoms with van der Waals surface area (Å²) in [6, 6.07) is 26.6. The standard InChI is InChI=1S/C34H31FO5S2/c1-2-33(36)39-20-3-19-38-28-12-7-26(8-13-28)34(37)40-29-14-5-25(6-15-29)31-18-11-27(23-32(31)35)24-9-16-30(17-10-24)42-22-4-21-41/h2,5-18,23,41H,1,3-4,19-22H2. The molecule has 0 fully saturated rings. The monoisotopic (exact) mass is 602 g/mol.